The second-order valence-electron chi connectivity index (χ2n) is 5.13. The van der Waals surface area contributed by atoms with Gasteiger partial charge in [0, 0.05) is 5.92 Å². The SMILES string of the molecule is CC(C)c1nc(C(C)C)c(C(C)(C)O)s1. The zero-order valence-electron chi connectivity index (χ0n) is 10.5. The summed E-state index contributed by atoms with van der Waals surface area (Å²) in [5.74, 6) is 0.804. The van der Waals surface area contributed by atoms with Gasteiger partial charge >= 0.3 is 0 Å². The number of thiazole rings is 1. The molecule has 1 N–H and O–H groups in total. The fourth-order valence-electron chi connectivity index (χ4n) is 1.43. The van der Waals surface area contributed by atoms with Gasteiger partial charge in [0.2, 0.25) is 0 Å². The monoisotopic (exact) mass is 227 g/mol. The lowest BCUT2D eigenvalue weighted by Crippen LogP contribution is -2.16. The molecule has 3 heteroatoms. The summed E-state index contributed by atoms with van der Waals surface area (Å²) in [6, 6.07) is 0. The van der Waals surface area contributed by atoms with Crippen molar-refractivity contribution in [1.82, 2.24) is 4.98 Å². The van der Waals surface area contributed by atoms with Crippen LogP contribution in [0.5, 0.6) is 0 Å². The van der Waals surface area contributed by atoms with E-state index >= 15 is 0 Å². The summed E-state index contributed by atoms with van der Waals surface area (Å²) < 4.78 is 0. The number of hydrogen-bond donors (Lipinski definition) is 1. The van der Waals surface area contributed by atoms with Crippen molar-refractivity contribution in [2.45, 2.75) is 59.0 Å². The molecule has 1 rings (SSSR count). The number of nitrogens with zero attached hydrogens (tertiary/aromatic N) is 1. The van der Waals surface area contributed by atoms with Crippen LogP contribution in [0.4, 0.5) is 0 Å². The molecule has 0 radical (unpaired) electrons. The van der Waals surface area contributed by atoms with Crippen molar-refractivity contribution >= 4 is 11.3 Å². The van der Waals surface area contributed by atoms with Gasteiger partial charge < -0.3 is 5.11 Å². The Morgan fingerprint density at radius 3 is 1.93 bits per heavy atom. The summed E-state index contributed by atoms with van der Waals surface area (Å²) in [4.78, 5) is 5.65. The Kier molecular flexibility index (Phi) is 3.56. The number of rotatable bonds is 3. The quantitative estimate of drug-likeness (QED) is 0.855. The van der Waals surface area contributed by atoms with E-state index in [2.05, 4.69) is 32.7 Å². The van der Waals surface area contributed by atoms with Crippen LogP contribution < -0.4 is 0 Å². The minimum atomic E-state index is -0.773. The van der Waals surface area contributed by atoms with Crippen LogP contribution in [-0.2, 0) is 5.60 Å². The standard InChI is InChI=1S/C12H21NOS/c1-7(2)9-10(12(5,6)14)15-11(13-9)8(3)4/h7-8,14H,1-6H3. The average Bonchev–Trinajstić information content (AvgIpc) is 2.45. The predicted octanol–water partition coefficient (Wildman–Crippen LogP) is 3.62. The number of aliphatic hydroxyl groups is 1. The molecule has 0 unspecified atom stereocenters. The van der Waals surface area contributed by atoms with Gasteiger partial charge in [-0.15, -0.1) is 11.3 Å². The van der Waals surface area contributed by atoms with Gasteiger partial charge in [-0.2, -0.15) is 0 Å². The molecule has 0 aliphatic heterocycles. The highest BCUT2D eigenvalue weighted by molar-refractivity contribution is 7.12. The molecule has 0 saturated carbocycles. The number of hydrogen-bond acceptors (Lipinski definition) is 3. The Hall–Kier alpha value is -0.410. The molecule has 2 nitrogen and oxygen atoms in total. The van der Waals surface area contributed by atoms with Crippen LogP contribution >= 0.6 is 11.3 Å². The number of aromatic nitrogens is 1. The van der Waals surface area contributed by atoms with E-state index in [1.165, 1.54) is 0 Å². The lowest BCUT2D eigenvalue weighted by molar-refractivity contribution is 0.0811. The van der Waals surface area contributed by atoms with Crippen molar-refractivity contribution in [1.29, 1.82) is 0 Å². The highest BCUT2D eigenvalue weighted by Gasteiger charge is 2.26. The van der Waals surface area contributed by atoms with Crippen molar-refractivity contribution < 1.29 is 5.11 Å². The maximum Gasteiger partial charge on any atom is 0.0957 e. The first-order chi connectivity index (χ1) is 6.73. The van der Waals surface area contributed by atoms with Gasteiger partial charge in [-0.25, -0.2) is 4.98 Å². The van der Waals surface area contributed by atoms with Crippen molar-refractivity contribution in [3.63, 3.8) is 0 Å². The lowest BCUT2D eigenvalue weighted by Gasteiger charge is -2.17. The summed E-state index contributed by atoms with van der Waals surface area (Å²) >= 11 is 1.64. The van der Waals surface area contributed by atoms with Crippen LogP contribution in [0.15, 0.2) is 0 Å². The van der Waals surface area contributed by atoms with Crippen LogP contribution in [0.2, 0.25) is 0 Å². The van der Waals surface area contributed by atoms with Crippen LogP contribution in [0.1, 0.15) is 69.0 Å². The second-order valence-corrected chi connectivity index (χ2v) is 6.17. The van der Waals surface area contributed by atoms with E-state index in [0.717, 1.165) is 15.6 Å². The average molecular weight is 227 g/mol. The summed E-state index contributed by atoms with van der Waals surface area (Å²) in [6.07, 6.45) is 0. The van der Waals surface area contributed by atoms with Crippen LogP contribution in [-0.4, -0.2) is 10.1 Å². The molecular formula is C12H21NOS. The van der Waals surface area contributed by atoms with Crippen molar-refractivity contribution in [3.8, 4) is 0 Å². The van der Waals surface area contributed by atoms with E-state index in [4.69, 9.17) is 0 Å². The van der Waals surface area contributed by atoms with Gasteiger partial charge in [-0.1, -0.05) is 27.7 Å². The molecule has 1 heterocycles. The Balaban J connectivity index is 3.24. The van der Waals surface area contributed by atoms with Crippen molar-refractivity contribution in [3.05, 3.63) is 15.6 Å². The first-order valence-corrected chi connectivity index (χ1v) is 6.28. The minimum absolute atomic E-state index is 0.371. The normalized spacial score (nSPS) is 12.9. The Bertz CT molecular complexity index is 334. The zero-order valence-corrected chi connectivity index (χ0v) is 11.3. The van der Waals surface area contributed by atoms with E-state index in [1.807, 2.05) is 13.8 Å². The fourth-order valence-corrected chi connectivity index (χ4v) is 2.65. The maximum atomic E-state index is 10.1. The maximum absolute atomic E-state index is 10.1. The molecule has 0 fully saturated rings. The molecule has 0 bridgehead atoms. The predicted molar refractivity (Wildman–Crippen MR) is 65.5 cm³/mol. The molecule has 0 saturated heterocycles. The molecule has 0 aliphatic carbocycles. The summed E-state index contributed by atoms with van der Waals surface area (Å²) in [6.45, 7) is 12.2. The van der Waals surface area contributed by atoms with Gasteiger partial charge in [-0.3, -0.25) is 0 Å². The molecule has 86 valence electrons. The molecule has 0 aromatic carbocycles. The lowest BCUT2D eigenvalue weighted by atomic mass is 10.0. The second kappa shape index (κ2) is 4.22. The van der Waals surface area contributed by atoms with Crippen LogP contribution in [0, 0.1) is 0 Å². The van der Waals surface area contributed by atoms with Gasteiger partial charge in [0.1, 0.15) is 0 Å². The molecule has 0 amide bonds. The Morgan fingerprint density at radius 2 is 1.67 bits per heavy atom. The largest absolute Gasteiger partial charge is 0.385 e. The minimum Gasteiger partial charge on any atom is -0.385 e. The first kappa shape index (κ1) is 12.7. The van der Waals surface area contributed by atoms with Crippen molar-refractivity contribution in [2.24, 2.45) is 0 Å². The molecule has 1 aromatic heterocycles. The van der Waals surface area contributed by atoms with Crippen LogP contribution in [0.3, 0.4) is 0 Å². The third-order valence-corrected chi connectivity index (χ3v) is 3.95. The van der Waals surface area contributed by atoms with E-state index in [-0.39, 0.29) is 0 Å². The van der Waals surface area contributed by atoms with Gasteiger partial charge in [0.15, 0.2) is 0 Å². The molecule has 1 aromatic rings. The topological polar surface area (TPSA) is 33.1 Å². The van der Waals surface area contributed by atoms with E-state index in [9.17, 15) is 5.11 Å². The summed E-state index contributed by atoms with van der Waals surface area (Å²) in [7, 11) is 0. The van der Waals surface area contributed by atoms with Crippen LogP contribution in [0.25, 0.3) is 0 Å². The van der Waals surface area contributed by atoms with E-state index in [1.54, 1.807) is 11.3 Å². The van der Waals surface area contributed by atoms with Crippen molar-refractivity contribution in [2.75, 3.05) is 0 Å². The molecule has 0 atom stereocenters. The summed E-state index contributed by atoms with van der Waals surface area (Å²) in [5, 5.41) is 11.2. The zero-order chi connectivity index (χ0) is 11.8. The van der Waals surface area contributed by atoms with Gasteiger partial charge in [0.25, 0.3) is 0 Å². The first-order valence-electron chi connectivity index (χ1n) is 5.47. The highest BCUT2D eigenvalue weighted by atomic mass is 32.1. The Morgan fingerprint density at radius 1 is 1.13 bits per heavy atom. The fraction of sp³-hybridized carbons (Fsp3) is 0.750. The van der Waals surface area contributed by atoms with Gasteiger partial charge in [0.05, 0.1) is 21.2 Å². The molecule has 15 heavy (non-hydrogen) atoms. The summed E-state index contributed by atoms with van der Waals surface area (Å²) in [5.41, 5.74) is 0.279. The molecule has 0 spiro atoms. The molecular weight excluding hydrogens is 206 g/mol. The Labute approximate surface area is 96.4 Å². The molecule has 0 aliphatic rings. The third-order valence-electron chi connectivity index (χ3n) is 2.27. The third kappa shape index (κ3) is 2.79. The van der Waals surface area contributed by atoms with E-state index < -0.39 is 5.60 Å². The highest BCUT2D eigenvalue weighted by Crippen LogP contribution is 2.36. The smallest absolute Gasteiger partial charge is 0.0957 e. The van der Waals surface area contributed by atoms with Gasteiger partial charge in [-0.05, 0) is 19.8 Å². The van der Waals surface area contributed by atoms with E-state index in [0.29, 0.717) is 11.8 Å².